The van der Waals surface area contributed by atoms with Crippen molar-refractivity contribution in [1.82, 2.24) is 4.31 Å². The molecular weight excluding hydrogens is 372 g/mol. The Hall–Kier alpha value is -2.64. The first-order valence-electron chi connectivity index (χ1n) is 9.27. The third-order valence-electron chi connectivity index (χ3n) is 5.29. The van der Waals surface area contributed by atoms with Gasteiger partial charge in [-0.05, 0) is 42.7 Å². The highest BCUT2D eigenvalue weighted by Crippen LogP contribution is 2.43. The molecule has 28 heavy (non-hydrogen) atoms. The summed E-state index contributed by atoms with van der Waals surface area (Å²) in [6, 6.07) is 16.1. The lowest BCUT2D eigenvalue weighted by Gasteiger charge is -2.50. The van der Waals surface area contributed by atoms with Crippen molar-refractivity contribution >= 4 is 10.0 Å². The number of hydrogen-bond donors (Lipinski definition) is 1. The zero-order chi connectivity index (χ0) is 19.7. The van der Waals surface area contributed by atoms with Gasteiger partial charge in [0.05, 0.1) is 23.6 Å². The minimum Gasteiger partial charge on any atom is -0.395 e. The molecule has 142 valence electrons. The second kappa shape index (κ2) is 7.41. The van der Waals surface area contributed by atoms with Crippen LogP contribution in [0.1, 0.15) is 29.9 Å². The van der Waals surface area contributed by atoms with Crippen molar-refractivity contribution in [3.63, 3.8) is 0 Å². The monoisotopic (exact) mass is 392 g/mol. The van der Waals surface area contributed by atoms with E-state index in [2.05, 4.69) is 17.9 Å². The normalized spacial score (nSPS) is 24.5. The zero-order valence-corrected chi connectivity index (χ0v) is 16.0. The molecule has 3 atom stereocenters. The summed E-state index contributed by atoms with van der Waals surface area (Å²) in [5.41, 5.74) is 1.74. The van der Waals surface area contributed by atoms with Crippen molar-refractivity contribution < 1.29 is 13.5 Å². The van der Waals surface area contributed by atoms with E-state index < -0.39 is 22.1 Å². The van der Waals surface area contributed by atoms with Crippen LogP contribution in [0.2, 0.25) is 0 Å². The van der Waals surface area contributed by atoms with Crippen LogP contribution in [0.3, 0.4) is 0 Å². The van der Waals surface area contributed by atoms with Gasteiger partial charge in [0, 0.05) is 17.4 Å². The summed E-state index contributed by atoms with van der Waals surface area (Å²) < 4.78 is 27.1. The maximum Gasteiger partial charge on any atom is 0.244 e. The third kappa shape index (κ3) is 3.31. The molecule has 1 aliphatic heterocycles. The van der Waals surface area contributed by atoms with Crippen molar-refractivity contribution in [1.29, 1.82) is 5.26 Å². The van der Waals surface area contributed by atoms with Crippen LogP contribution in [-0.4, -0.2) is 36.5 Å². The van der Waals surface area contributed by atoms with Crippen LogP contribution in [-0.2, 0) is 10.0 Å². The second-order valence-electron chi connectivity index (χ2n) is 7.16. The predicted molar refractivity (Wildman–Crippen MR) is 105 cm³/mol. The quantitative estimate of drug-likeness (QED) is 0.811. The van der Waals surface area contributed by atoms with Crippen LogP contribution in [0.25, 0.3) is 0 Å². The lowest BCUT2D eigenvalue weighted by Crippen LogP contribution is -2.64. The Morgan fingerprint density at radius 2 is 1.75 bits per heavy atom. The molecule has 5 nitrogen and oxygen atoms in total. The summed E-state index contributed by atoms with van der Waals surface area (Å²) in [6.07, 6.45) is 2.34. The molecule has 2 aromatic carbocycles. The van der Waals surface area contributed by atoms with Crippen LogP contribution in [0.5, 0.6) is 0 Å². The molecule has 0 aromatic heterocycles. The Bertz CT molecular complexity index is 1060. The average Bonchev–Trinajstić information content (AvgIpc) is 3.52. The van der Waals surface area contributed by atoms with E-state index in [0.29, 0.717) is 5.92 Å². The lowest BCUT2D eigenvalue weighted by molar-refractivity contribution is 0.0557. The van der Waals surface area contributed by atoms with E-state index >= 15 is 0 Å². The Morgan fingerprint density at radius 3 is 2.32 bits per heavy atom. The molecule has 0 spiro atoms. The van der Waals surface area contributed by atoms with Crippen LogP contribution >= 0.6 is 0 Å². The van der Waals surface area contributed by atoms with Crippen molar-refractivity contribution in [3.8, 4) is 17.9 Å². The van der Waals surface area contributed by atoms with Gasteiger partial charge in [0.2, 0.25) is 10.0 Å². The number of nitrogens with zero attached hydrogens (tertiary/aromatic N) is 2. The first-order valence-corrected chi connectivity index (χ1v) is 10.7. The van der Waals surface area contributed by atoms with Crippen LogP contribution in [0, 0.1) is 29.1 Å². The molecule has 4 rings (SSSR count). The molecular formula is C22H20N2O3S. The van der Waals surface area contributed by atoms with E-state index in [1.165, 1.54) is 25.0 Å². The molecule has 1 saturated carbocycles. The van der Waals surface area contributed by atoms with Gasteiger partial charge in [0.25, 0.3) is 0 Å². The molecule has 1 heterocycles. The summed E-state index contributed by atoms with van der Waals surface area (Å²) in [7, 11) is -3.86. The van der Waals surface area contributed by atoms with Crippen molar-refractivity contribution in [2.45, 2.75) is 35.7 Å². The van der Waals surface area contributed by atoms with Gasteiger partial charge in [0.15, 0.2) is 0 Å². The van der Waals surface area contributed by atoms with Gasteiger partial charge in [0.1, 0.15) is 6.04 Å². The zero-order valence-electron chi connectivity index (χ0n) is 15.2. The van der Waals surface area contributed by atoms with Crippen LogP contribution in [0.15, 0.2) is 59.5 Å². The highest BCUT2D eigenvalue weighted by atomic mass is 32.2. The fourth-order valence-corrected chi connectivity index (χ4v) is 5.39. The highest BCUT2D eigenvalue weighted by Gasteiger charge is 2.55. The Labute approximate surface area is 165 Å². The third-order valence-corrected chi connectivity index (χ3v) is 7.21. The minimum atomic E-state index is -3.86. The molecule has 0 radical (unpaired) electrons. The van der Waals surface area contributed by atoms with Gasteiger partial charge >= 0.3 is 0 Å². The Balaban J connectivity index is 1.61. The summed E-state index contributed by atoms with van der Waals surface area (Å²) in [5.74, 6) is 6.49. The van der Waals surface area contributed by atoms with Gasteiger partial charge in [-0.25, -0.2) is 8.42 Å². The Kier molecular flexibility index (Phi) is 4.95. The van der Waals surface area contributed by atoms with Gasteiger partial charge in [-0.1, -0.05) is 42.2 Å². The van der Waals surface area contributed by atoms with E-state index in [1.54, 1.807) is 18.2 Å². The van der Waals surface area contributed by atoms with Gasteiger partial charge in [-0.2, -0.15) is 9.57 Å². The number of nitriles is 1. The molecule has 0 unspecified atom stereocenters. The number of hydrogen-bond acceptors (Lipinski definition) is 4. The van der Waals surface area contributed by atoms with Crippen molar-refractivity contribution in [3.05, 3.63) is 65.7 Å². The van der Waals surface area contributed by atoms with E-state index in [0.717, 1.165) is 15.4 Å². The first kappa shape index (κ1) is 18.7. The molecule has 0 amide bonds. The topological polar surface area (TPSA) is 81.4 Å². The number of aliphatic hydroxyl groups excluding tert-OH is 1. The molecule has 6 heteroatoms. The molecule has 0 bridgehead atoms. The number of rotatable bonds is 4. The highest BCUT2D eigenvalue weighted by molar-refractivity contribution is 7.89. The summed E-state index contributed by atoms with van der Waals surface area (Å²) >= 11 is 0. The predicted octanol–water partition coefficient (Wildman–Crippen LogP) is 2.49. The standard InChI is InChI=1S/C22H20N2O3S/c23-14-20-22(18-12-10-17(11-13-18)9-8-16-6-7-16)21(15-25)24(20)28(26,27)19-4-2-1-3-5-19/h1-5,10-13,16,20-22,25H,6-7,15H2/t20-,21+,22-/m0/s1. The summed E-state index contributed by atoms with van der Waals surface area (Å²) in [5, 5.41) is 19.5. The largest absolute Gasteiger partial charge is 0.395 e. The van der Waals surface area contributed by atoms with E-state index in [4.69, 9.17) is 0 Å². The minimum absolute atomic E-state index is 0.123. The molecule has 1 N–H and O–H groups in total. The first-order chi connectivity index (χ1) is 13.6. The summed E-state index contributed by atoms with van der Waals surface area (Å²) in [4.78, 5) is 0.123. The van der Waals surface area contributed by atoms with Crippen molar-refractivity contribution in [2.75, 3.05) is 6.61 Å². The number of sulfonamides is 1. The second-order valence-corrected chi connectivity index (χ2v) is 9.01. The SMILES string of the molecule is N#C[C@H]1[C@H](c2ccc(C#CC3CC3)cc2)[C@@H](CO)N1S(=O)(=O)c1ccccc1. The van der Waals surface area contributed by atoms with Gasteiger partial charge in [-0.3, -0.25) is 0 Å². The van der Waals surface area contributed by atoms with E-state index in [9.17, 15) is 18.8 Å². The smallest absolute Gasteiger partial charge is 0.244 e. The molecule has 1 saturated heterocycles. The number of benzene rings is 2. The molecule has 1 aliphatic carbocycles. The molecule has 2 aromatic rings. The molecule has 2 aliphatic rings. The van der Waals surface area contributed by atoms with Crippen LogP contribution in [0.4, 0.5) is 0 Å². The molecule has 2 fully saturated rings. The maximum absolute atomic E-state index is 13.0. The fraction of sp³-hybridized carbons (Fsp3) is 0.318. The average molecular weight is 392 g/mol. The van der Waals surface area contributed by atoms with E-state index in [-0.39, 0.29) is 17.4 Å². The van der Waals surface area contributed by atoms with Gasteiger partial charge < -0.3 is 5.11 Å². The van der Waals surface area contributed by atoms with Crippen molar-refractivity contribution in [2.24, 2.45) is 5.92 Å². The van der Waals surface area contributed by atoms with E-state index in [1.807, 2.05) is 24.3 Å². The van der Waals surface area contributed by atoms with Crippen LogP contribution < -0.4 is 0 Å². The Morgan fingerprint density at radius 1 is 1.07 bits per heavy atom. The number of aliphatic hydroxyl groups is 1. The van der Waals surface area contributed by atoms with Gasteiger partial charge in [-0.15, -0.1) is 0 Å². The lowest BCUT2D eigenvalue weighted by atomic mass is 9.78. The summed E-state index contributed by atoms with van der Waals surface area (Å²) in [6.45, 7) is -0.349. The fourth-order valence-electron chi connectivity index (χ4n) is 3.61. The maximum atomic E-state index is 13.0.